The fraction of sp³-hybridized carbons (Fsp3) is 0.385. The lowest BCUT2D eigenvalue weighted by atomic mass is 10.2. The highest BCUT2D eigenvalue weighted by molar-refractivity contribution is 5.92. The molecule has 20 heavy (non-hydrogen) atoms. The highest BCUT2D eigenvalue weighted by atomic mass is 19.1. The van der Waals surface area contributed by atoms with Crippen molar-refractivity contribution in [2.45, 2.75) is 18.9 Å². The molecule has 0 aliphatic heterocycles. The summed E-state index contributed by atoms with van der Waals surface area (Å²) in [6.45, 7) is -0.503. The average Bonchev–Trinajstić information content (AvgIpc) is 3.23. The van der Waals surface area contributed by atoms with Gasteiger partial charge in [-0.1, -0.05) is 0 Å². The summed E-state index contributed by atoms with van der Waals surface area (Å²) in [6, 6.07) is 1.54. The van der Waals surface area contributed by atoms with Crippen LogP contribution in [-0.2, 0) is 9.53 Å². The van der Waals surface area contributed by atoms with Crippen molar-refractivity contribution in [1.29, 1.82) is 0 Å². The van der Waals surface area contributed by atoms with Gasteiger partial charge in [0.15, 0.2) is 6.61 Å². The number of amides is 1. The van der Waals surface area contributed by atoms with Crippen molar-refractivity contribution in [1.82, 2.24) is 4.90 Å². The van der Waals surface area contributed by atoms with E-state index >= 15 is 0 Å². The van der Waals surface area contributed by atoms with Crippen LogP contribution in [0.1, 0.15) is 23.2 Å². The lowest BCUT2D eigenvalue weighted by molar-refractivity contribution is -0.133. The molecule has 0 aromatic heterocycles. The van der Waals surface area contributed by atoms with Crippen molar-refractivity contribution >= 4 is 17.6 Å². The minimum absolute atomic E-state index is 0.187. The van der Waals surface area contributed by atoms with Crippen LogP contribution in [0, 0.1) is 11.6 Å². The van der Waals surface area contributed by atoms with Crippen molar-refractivity contribution in [2.75, 3.05) is 19.4 Å². The predicted molar refractivity (Wildman–Crippen MR) is 66.8 cm³/mol. The molecule has 5 nitrogen and oxygen atoms in total. The zero-order valence-corrected chi connectivity index (χ0v) is 10.9. The van der Waals surface area contributed by atoms with Crippen molar-refractivity contribution in [3.05, 3.63) is 29.3 Å². The van der Waals surface area contributed by atoms with Crippen molar-refractivity contribution in [3.63, 3.8) is 0 Å². The molecule has 1 saturated carbocycles. The van der Waals surface area contributed by atoms with Crippen LogP contribution in [0.2, 0.25) is 0 Å². The van der Waals surface area contributed by atoms with Crippen molar-refractivity contribution < 1.29 is 23.1 Å². The van der Waals surface area contributed by atoms with Gasteiger partial charge in [-0.15, -0.1) is 0 Å². The number of nitrogens with zero attached hydrogens (tertiary/aromatic N) is 1. The van der Waals surface area contributed by atoms with Gasteiger partial charge in [-0.3, -0.25) is 4.79 Å². The van der Waals surface area contributed by atoms with Gasteiger partial charge < -0.3 is 15.4 Å². The summed E-state index contributed by atoms with van der Waals surface area (Å²) in [5, 5.41) is 0. The van der Waals surface area contributed by atoms with Gasteiger partial charge in [0.25, 0.3) is 5.91 Å². The van der Waals surface area contributed by atoms with Crippen molar-refractivity contribution in [2.24, 2.45) is 0 Å². The van der Waals surface area contributed by atoms with E-state index in [1.54, 1.807) is 7.05 Å². The largest absolute Gasteiger partial charge is 0.452 e. The molecule has 1 aliphatic carbocycles. The third-order valence-electron chi connectivity index (χ3n) is 3.12. The number of benzene rings is 1. The average molecular weight is 284 g/mol. The van der Waals surface area contributed by atoms with Gasteiger partial charge in [-0.05, 0) is 18.9 Å². The summed E-state index contributed by atoms with van der Waals surface area (Å²) in [5.41, 5.74) is 4.18. The number of likely N-dealkylation sites (N-methyl/N-ethyl adjacent to an activating group) is 1. The number of hydrogen-bond donors (Lipinski definition) is 1. The molecule has 1 fully saturated rings. The van der Waals surface area contributed by atoms with Gasteiger partial charge in [0.1, 0.15) is 11.6 Å². The number of carbonyl (C=O) groups excluding carboxylic acids is 2. The Balaban J connectivity index is 1.98. The van der Waals surface area contributed by atoms with Crippen LogP contribution in [0.4, 0.5) is 14.5 Å². The Hall–Kier alpha value is -2.18. The minimum atomic E-state index is -1.10. The van der Waals surface area contributed by atoms with Gasteiger partial charge in [-0.2, -0.15) is 0 Å². The molecule has 0 heterocycles. The molecule has 0 saturated heterocycles. The molecular weight excluding hydrogens is 270 g/mol. The number of esters is 1. The van der Waals surface area contributed by atoms with Gasteiger partial charge >= 0.3 is 5.97 Å². The molecule has 1 aliphatic rings. The molecule has 1 amide bonds. The van der Waals surface area contributed by atoms with E-state index in [0.717, 1.165) is 12.8 Å². The molecule has 0 radical (unpaired) electrons. The number of nitrogen functional groups attached to an aromatic ring is 1. The topological polar surface area (TPSA) is 72.6 Å². The molecule has 1 aromatic rings. The molecule has 0 bridgehead atoms. The number of carbonyl (C=O) groups is 2. The number of hydrogen-bond acceptors (Lipinski definition) is 4. The molecule has 0 spiro atoms. The van der Waals surface area contributed by atoms with E-state index in [0.29, 0.717) is 12.1 Å². The van der Waals surface area contributed by atoms with Crippen LogP contribution in [0.25, 0.3) is 0 Å². The van der Waals surface area contributed by atoms with Crippen LogP contribution in [-0.4, -0.2) is 36.5 Å². The summed E-state index contributed by atoms with van der Waals surface area (Å²) >= 11 is 0. The Morgan fingerprint density at radius 2 is 2.00 bits per heavy atom. The SMILES string of the molecule is CN(C(=O)COC(=O)c1cc(F)c(N)cc1F)C1CC1. The molecule has 1 aromatic carbocycles. The Morgan fingerprint density at radius 3 is 2.60 bits per heavy atom. The Kier molecular flexibility index (Phi) is 3.87. The molecular formula is C13H14F2N2O3. The molecule has 7 heteroatoms. The van der Waals surface area contributed by atoms with E-state index < -0.39 is 35.5 Å². The number of rotatable bonds is 4. The normalized spacial score (nSPS) is 13.9. The second kappa shape index (κ2) is 5.44. The van der Waals surface area contributed by atoms with E-state index in [1.807, 2.05) is 0 Å². The molecule has 2 N–H and O–H groups in total. The maximum atomic E-state index is 13.5. The summed E-state index contributed by atoms with van der Waals surface area (Å²) in [7, 11) is 1.61. The monoisotopic (exact) mass is 284 g/mol. The number of halogens is 2. The maximum Gasteiger partial charge on any atom is 0.341 e. The van der Waals surface area contributed by atoms with E-state index in [2.05, 4.69) is 4.74 Å². The highest BCUT2D eigenvalue weighted by Gasteiger charge is 2.30. The lowest BCUT2D eigenvalue weighted by Crippen LogP contribution is -2.33. The Labute approximate surface area is 114 Å². The Morgan fingerprint density at radius 1 is 1.35 bits per heavy atom. The first kappa shape index (κ1) is 14.2. The van der Waals surface area contributed by atoms with Crippen LogP contribution in [0.15, 0.2) is 12.1 Å². The third-order valence-corrected chi connectivity index (χ3v) is 3.12. The molecule has 108 valence electrons. The van der Waals surface area contributed by atoms with Crippen LogP contribution >= 0.6 is 0 Å². The smallest absolute Gasteiger partial charge is 0.341 e. The minimum Gasteiger partial charge on any atom is -0.452 e. The van der Waals surface area contributed by atoms with Crippen LogP contribution < -0.4 is 5.73 Å². The predicted octanol–water partition coefficient (Wildman–Crippen LogP) is 1.32. The third kappa shape index (κ3) is 3.04. The van der Waals surface area contributed by atoms with Crippen LogP contribution in [0.5, 0.6) is 0 Å². The standard InChI is InChI=1S/C13H14F2N2O3/c1-17(7-2-3-7)12(18)6-20-13(19)8-4-10(15)11(16)5-9(8)14/h4-5,7H,2-3,6,16H2,1H3. The van der Waals surface area contributed by atoms with Crippen LogP contribution in [0.3, 0.4) is 0 Å². The fourth-order valence-electron chi connectivity index (χ4n) is 1.69. The molecule has 2 rings (SSSR count). The van der Waals surface area contributed by atoms with Gasteiger partial charge in [-0.25, -0.2) is 13.6 Å². The second-order valence-electron chi connectivity index (χ2n) is 4.67. The lowest BCUT2D eigenvalue weighted by Gasteiger charge is -2.16. The summed E-state index contributed by atoms with van der Waals surface area (Å²) in [6.07, 6.45) is 1.85. The van der Waals surface area contributed by atoms with E-state index in [9.17, 15) is 18.4 Å². The first-order valence-corrected chi connectivity index (χ1v) is 6.07. The summed E-state index contributed by atoms with van der Waals surface area (Å²) < 4.78 is 31.3. The maximum absolute atomic E-state index is 13.5. The van der Waals surface area contributed by atoms with Gasteiger partial charge in [0.2, 0.25) is 0 Å². The summed E-state index contributed by atoms with van der Waals surface area (Å²) in [4.78, 5) is 24.7. The van der Waals surface area contributed by atoms with Crippen molar-refractivity contribution in [3.8, 4) is 0 Å². The van der Waals surface area contributed by atoms with Gasteiger partial charge in [0.05, 0.1) is 11.3 Å². The number of ether oxygens (including phenoxy) is 1. The summed E-state index contributed by atoms with van der Waals surface area (Å²) in [5.74, 6) is -3.38. The number of anilines is 1. The highest BCUT2D eigenvalue weighted by Crippen LogP contribution is 2.25. The fourth-order valence-corrected chi connectivity index (χ4v) is 1.69. The molecule has 0 unspecified atom stereocenters. The first-order valence-electron chi connectivity index (χ1n) is 6.07. The Bertz CT molecular complexity index is 559. The second-order valence-corrected chi connectivity index (χ2v) is 4.67. The zero-order valence-electron chi connectivity index (χ0n) is 10.9. The quantitative estimate of drug-likeness (QED) is 0.668. The first-order chi connectivity index (χ1) is 9.40. The number of nitrogens with two attached hydrogens (primary N) is 1. The van der Waals surface area contributed by atoms with E-state index in [4.69, 9.17) is 5.73 Å². The van der Waals surface area contributed by atoms with E-state index in [-0.39, 0.29) is 11.9 Å². The zero-order chi connectivity index (χ0) is 14.9. The van der Waals surface area contributed by atoms with Gasteiger partial charge in [0, 0.05) is 19.2 Å². The van der Waals surface area contributed by atoms with E-state index in [1.165, 1.54) is 4.90 Å². The molecule has 0 atom stereocenters.